The van der Waals surface area contributed by atoms with E-state index in [1.165, 1.54) is 6.92 Å². The van der Waals surface area contributed by atoms with Gasteiger partial charge in [0, 0.05) is 17.7 Å². The van der Waals surface area contributed by atoms with Crippen LogP contribution in [0.4, 0.5) is 10.5 Å². The van der Waals surface area contributed by atoms with E-state index in [9.17, 15) is 23.3 Å². The summed E-state index contributed by atoms with van der Waals surface area (Å²) in [7, 11) is -2.64. The van der Waals surface area contributed by atoms with Crippen LogP contribution in [0.15, 0.2) is 18.2 Å². The molecule has 8 nitrogen and oxygen atoms in total. The van der Waals surface area contributed by atoms with Crippen molar-refractivity contribution in [3.63, 3.8) is 0 Å². The van der Waals surface area contributed by atoms with Crippen LogP contribution in [0.1, 0.15) is 12.5 Å². The van der Waals surface area contributed by atoms with Gasteiger partial charge in [-0.05, 0) is 13.0 Å². The smallest absolute Gasteiger partial charge is 0.449 e. The normalized spacial score (nSPS) is 9.61. The molecule has 0 aliphatic rings. The van der Waals surface area contributed by atoms with Gasteiger partial charge in [0.15, 0.2) is 0 Å². The van der Waals surface area contributed by atoms with E-state index in [1.807, 2.05) is 0 Å². The van der Waals surface area contributed by atoms with Crippen LogP contribution in [0.3, 0.4) is 0 Å². The molecule has 0 aliphatic carbocycles. The number of rotatable bonds is 3. The molecule has 9 heteroatoms. The quantitative estimate of drug-likeness (QED) is 0.218. The zero-order valence-electron chi connectivity index (χ0n) is 8.98. The number of carbonyl (C=O) groups is 1. The van der Waals surface area contributed by atoms with Crippen molar-refractivity contribution in [2.75, 3.05) is 0 Å². The van der Waals surface area contributed by atoms with Crippen LogP contribution in [0.5, 0.6) is 5.75 Å². The topological polar surface area (TPSA) is 124 Å². The van der Waals surface area contributed by atoms with E-state index in [0.29, 0.717) is 0 Å². The lowest BCUT2D eigenvalue weighted by molar-refractivity contribution is -0.384. The Morgan fingerprint density at radius 2 is 2.06 bits per heavy atom. The molecule has 0 atom stereocenters. The van der Waals surface area contributed by atoms with Gasteiger partial charge >= 0.3 is 6.16 Å². The summed E-state index contributed by atoms with van der Waals surface area (Å²) in [4.78, 5) is 20.0. The average Bonchev–Trinajstić information content (AvgIpc) is 2.27. The summed E-state index contributed by atoms with van der Waals surface area (Å²) in [5.41, 5.74) is -0.535. The fourth-order valence-corrected chi connectivity index (χ4v) is 1.52. The van der Waals surface area contributed by atoms with Crippen molar-refractivity contribution in [1.82, 2.24) is 0 Å². The summed E-state index contributed by atoms with van der Waals surface area (Å²) in [5, 5.41) is 19.0. The minimum Gasteiger partial charge on any atom is -0.449 e. The Hall–Kier alpha value is -2.42. The molecule has 0 aliphatic heterocycles. The van der Waals surface area contributed by atoms with Crippen LogP contribution in [-0.2, 0) is 10.3 Å². The Labute approximate surface area is 102 Å². The van der Waals surface area contributed by atoms with Gasteiger partial charge in [-0.15, -0.1) is 0 Å². The first-order chi connectivity index (χ1) is 8.32. The monoisotopic (exact) mass is 273 g/mol. The Kier molecular flexibility index (Phi) is 4.00. The summed E-state index contributed by atoms with van der Waals surface area (Å²) in [6, 6.07) is 2.98. The summed E-state index contributed by atoms with van der Waals surface area (Å²) in [6.07, 6.45) is -1.64. The van der Waals surface area contributed by atoms with Gasteiger partial charge in [-0.3, -0.25) is 10.1 Å². The van der Waals surface area contributed by atoms with Crippen LogP contribution in [0.2, 0.25) is 0 Å². The molecule has 1 aromatic rings. The van der Waals surface area contributed by atoms with Crippen LogP contribution in [0, 0.1) is 10.1 Å². The van der Waals surface area contributed by atoms with Crippen molar-refractivity contribution >= 4 is 27.0 Å². The maximum absolute atomic E-state index is 10.8. The molecule has 0 saturated carbocycles. The van der Waals surface area contributed by atoms with Crippen molar-refractivity contribution in [2.24, 2.45) is 0 Å². The number of nitrogens with zero attached hydrogens (tertiary/aromatic N) is 1. The second kappa shape index (κ2) is 5.27. The molecule has 1 rings (SSSR count). The van der Waals surface area contributed by atoms with E-state index in [-0.39, 0.29) is 21.9 Å². The first kappa shape index (κ1) is 13.6. The molecule has 0 spiro atoms. The van der Waals surface area contributed by atoms with E-state index in [4.69, 9.17) is 5.11 Å². The number of carboxylic acid groups (broad SMARTS) is 1. The number of nitro benzene ring substituents is 1. The van der Waals surface area contributed by atoms with Gasteiger partial charge in [0.05, 0.1) is 9.79 Å². The fourth-order valence-electron chi connectivity index (χ4n) is 1.18. The molecular formula is C9H7NO7S. The SMILES string of the molecule is CC(c1cc([N+](=O)[O-])ccc1OC(=O)O)=S(=O)=O. The zero-order chi connectivity index (χ0) is 13.9. The Balaban J connectivity index is 3.50. The third-order valence-corrected chi connectivity index (χ3v) is 2.72. The molecule has 0 radical (unpaired) electrons. The largest absolute Gasteiger partial charge is 0.511 e. The molecule has 1 N–H and O–H groups in total. The standard InChI is InChI=1S/C9H7NO7S/c1-5(18(15)16)7-4-6(10(13)14)2-3-8(7)17-9(11)12/h2-4H,1H3,(H,11,12). The van der Waals surface area contributed by atoms with Crippen molar-refractivity contribution in [2.45, 2.75) is 6.92 Å². The van der Waals surface area contributed by atoms with Crippen LogP contribution in [-0.4, -0.2) is 29.5 Å². The van der Waals surface area contributed by atoms with Crippen LogP contribution in [0.25, 0.3) is 0 Å². The molecule has 1 aromatic carbocycles. The highest BCUT2D eigenvalue weighted by Crippen LogP contribution is 2.24. The number of nitro groups is 1. The van der Waals surface area contributed by atoms with Gasteiger partial charge < -0.3 is 9.84 Å². The number of hydrogen-bond acceptors (Lipinski definition) is 6. The lowest BCUT2D eigenvalue weighted by Gasteiger charge is -2.05. The lowest BCUT2D eigenvalue weighted by Crippen LogP contribution is -2.08. The first-order valence-electron chi connectivity index (χ1n) is 4.45. The number of ether oxygens (including phenoxy) is 1. The molecule has 0 aromatic heterocycles. The maximum Gasteiger partial charge on any atom is 0.511 e. The van der Waals surface area contributed by atoms with Gasteiger partial charge in [-0.25, -0.2) is 4.79 Å². The predicted octanol–water partition coefficient (Wildman–Crippen LogP) is 1.07. The van der Waals surface area contributed by atoms with E-state index < -0.39 is 21.4 Å². The highest BCUT2D eigenvalue weighted by Gasteiger charge is 2.16. The van der Waals surface area contributed by atoms with Gasteiger partial charge in [0.1, 0.15) is 5.75 Å². The van der Waals surface area contributed by atoms with Crippen LogP contribution >= 0.6 is 0 Å². The molecule has 0 bridgehead atoms. The molecule has 0 fully saturated rings. The van der Waals surface area contributed by atoms with Gasteiger partial charge in [0.2, 0.25) is 10.3 Å². The second-order valence-corrected chi connectivity index (χ2v) is 4.18. The Morgan fingerprint density at radius 3 is 2.50 bits per heavy atom. The van der Waals surface area contributed by atoms with Gasteiger partial charge in [-0.2, -0.15) is 8.42 Å². The predicted molar refractivity (Wildman–Crippen MR) is 60.5 cm³/mol. The fraction of sp³-hybridized carbons (Fsp3) is 0.111. The lowest BCUT2D eigenvalue weighted by atomic mass is 10.1. The van der Waals surface area contributed by atoms with Crippen LogP contribution < -0.4 is 4.74 Å². The first-order valence-corrected chi connectivity index (χ1v) is 5.53. The maximum atomic E-state index is 10.8. The molecule has 0 saturated heterocycles. The Bertz CT molecular complexity index is 639. The highest BCUT2D eigenvalue weighted by molar-refractivity contribution is 7.73. The minimum absolute atomic E-state index is 0.167. The molecular weight excluding hydrogens is 266 g/mol. The summed E-state index contributed by atoms with van der Waals surface area (Å²) in [5.74, 6) is -0.283. The summed E-state index contributed by atoms with van der Waals surface area (Å²) in [6.45, 7) is 1.18. The molecule has 0 amide bonds. The third-order valence-electron chi connectivity index (χ3n) is 2.00. The third kappa shape index (κ3) is 3.04. The van der Waals surface area contributed by atoms with E-state index in [1.54, 1.807) is 0 Å². The average molecular weight is 273 g/mol. The van der Waals surface area contributed by atoms with Gasteiger partial charge in [-0.1, -0.05) is 0 Å². The summed E-state index contributed by atoms with van der Waals surface area (Å²) < 4.78 is 26.0. The zero-order valence-corrected chi connectivity index (χ0v) is 9.80. The molecule has 0 heterocycles. The molecule has 0 unspecified atom stereocenters. The Morgan fingerprint density at radius 1 is 1.44 bits per heavy atom. The number of non-ortho nitro benzene ring substituents is 1. The van der Waals surface area contributed by atoms with Crippen molar-refractivity contribution in [3.8, 4) is 5.75 Å². The van der Waals surface area contributed by atoms with Crippen molar-refractivity contribution in [1.29, 1.82) is 0 Å². The van der Waals surface area contributed by atoms with Crippen molar-refractivity contribution in [3.05, 3.63) is 33.9 Å². The van der Waals surface area contributed by atoms with Gasteiger partial charge in [0.25, 0.3) is 5.69 Å². The molecule has 96 valence electrons. The number of benzene rings is 1. The highest BCUT2D eigenvalue weighted by atomic mass is 32.2. The molecule has 18 heavy (non-hydrogen) atoms. The second-order valence-electron chi connectivity index (χ2n) is 3.10. The van der Waals surface area contributed by atoms with E-state index in [2.05, 4.69) is 4.74 Å². The number of hydrogen-bond donors (Lipinski definition) is 1. The van der Waals surface area contributed by atoms with E-state index >= 15 is 0 Å². The van der Waals surface area contributed by atoms with Crippen molar-refractivity contribution < 1.29 is 28.0 Å². The van der Waals surface area contributed by atoms with E-state index in [0.717, 1.165) is 18.2 Å². The minimum atomic E-state index is -2.64. The summed E-state index contributed by atoms with van der Waals surface area (Å²) >= 11 is 0.